The van der Waals surface area contributed by atoms with Crippen LogP contribution < -0.4 is 10.6 Å². The van der Waals surface area contributed by atoms with Gasteiger partial charge in [0.2, 0.25) is 0 Å². The highest BCUT2D eigenvalue weighted by Crippen LogP contribution is 2.22. The lowest BCUT2D eigenvalue weighted by atomic mass is 10.0. The molecule has 1 unspecified atom stereocenters. The smallest absolute Gasteiger partial charge is 0.191 e. The third kappa shape index (κ3) is 9.07. The number of guanidine groups is 1. The Hall–Kier alpha value is -0.900. The minimum Gasteiger partial charge on any atom is -0.382 e. The molecule has 28 heavy (non-hydrogen) atoms. The number of rotatable bonds is 10. The molecule has 0 bridgehead atoms. The van der Waals surface area contributed by atoms with E-state index in [9.17, 15) is 0 Å². The lowest BCUT2D eigenvalue weighted by molar-refractivity contribution is 0.0179. The number of nitrogens with one attached hydrogen (secondary N) is 2. The van der Waals surface area contributed by atoms with Crippen molar-refractivity contribution in [3.8, 4) is 0 Å². The SMILES string of the molecule is CCNC(=NCC(c1ccc(C)cc1)N1CCOCC1)NCCCOCC.I. The number of halogens is 1. The van der Waals surface area contributed by atoms with E-state index in [1.54, 1.807) is 0 Å². The molecule has 160 valence electrons. The summed E-state index contributed by atoms with van der Waals surface area (Å²) in [6.45, 7) is 13.7. The van der Waals surface area contributed by atoms with Crippen molar-refractivity contribution in [2.75, 3.05) is 59.2 Å². The minimum absolute atomic E-state index is 0. The van der Waals surface area contributed by atoms with Gasteiger partial charge in [-0.15, -0.1) is 24.0 Å². The summed E-state index contributed by atoms with van der Waals surface area (Å²) < 4.78 is 10.9. The second kappa shape index (κ2) is 15.0. The lowest BCUT2D eigenvalue weighted by Crippen LogP contribution is -2.42. The molecule has 1 aromatic carbocycles. The van der Waals surface area contributed by atoms with E-state index in [0.717, 1.165) is 71.5 Å². The maximum atomic E-state index is 5.54. The van der Waals surface area contributed by atoms with Crippen LogP contribution in [-0.4, -0.2) is 70.0 Å². The average molecular weight is 504 g/mol. The van der Waals surface area contributed by atoms with E-state index in [1.165, 1.54) is 11.1 Å². The van der Waals surface area contributed by atoms with Crippen LogP contribution in [-0.2, 0) is 9.47 Å². The molecule has 0 aliphatic carbocycles. The van der Waals surface area contributed by atoms with E-state index in [0.29, 0.717) is 0 Å². The number of aliphatic imine (C=N–C) groups is 1. The van der Waals surface area contributed by atoms with Gasteiger partial charge in [-0.05, 0) is 32.8 Å². The standard InChI is InChI=1S/C21H36N4O2.HI/c1-4-22-21(23-11-6-14-26-5-2)24-17-20(25-12-15-27-16-13-25)19-9-7-18(3)8-10-19;/h7-10,20H,4-6,11-17H2,1-3H3,(H2,22,23,24);1H. The van der Waals surface area contributed by atoms with Gasteiger partial charge in [0.1, 0.15) is 0 Å². The Bertz CT molecular complexity index is 548. The first-order valence-corrected chi connectivity index (χ1v) is 10.2. The molecule has 1 fully saturated rings. The molecule has 1 atom stereocenters. The molecule has 2 rings (SSSR count). The first-order valence-electron chi connectivity index (χ1n) is 10.2. The Morgan fingerprint density at radius 2 is 1.89 bits per heavy atom. The van der Waals surface area contributed by atoms with Crippen molar-refractivity contribution < 1.29 is 9.47 Å². The van der Waals surface area contributed by atoms with Gasteiger partial charge in [0, 0.05) is 39.4 Å². The van der Waals surface area contributed by atoms with Crippen LogP contribution in [0, 0.1) is 6.92 Å². The lowest BCUT2D eigenvalue weighted by Gasteiger charge is -2.34. The number of morpholine rings is 1. The predicted octanol–water partition coefficient (Wildman–Crippen LogP) is 2.97. The summed E-state index contributed by atoms with van der Waals surface area (Å²) in [5.41, 5.74) is 2.60. The largest absolute Gasteiger partial charge is 0.382 e. The van der Waals surface area contributed by atoms with Crippen molar-refractivity contribution >= 4 is 29.9 Å². The van der Waals surface area contributed by atoms with Crippen molar-refractivity contribution in [1.82, 2.24) is 15.5 Å². The fourth-order valence-electron chi connectivity index (χ4n) is 3.15. The van der Waals surface area contributed by atoms with E-state index in [2.05, 4.69) is 53.6 Å². The molecule has 1 aliphatic heterocycles. The van der Waals surface area contributed by atoms with Crippen molar-refractivity contribution in [3.05, 3.63) is 35.4 Å². The van der Waals surface area contributed by atoms with E-state index in [-0.39, 0.29) is 30.0 Å². The van der Waals surface area contributed by atoms with Crippen molar-refractivity contribution in [2.24, 2.45) is 4.99 Å². The zero-order chi connectivity index (χ0) is 19.3. The molecule has 0 saturated carbocycles. The number of aryl methyl sites for hydroxylation is 1. The van der Waals surface area contributed by atoms with Gasteiger partial charge in [-0.2, -0.15) is 0 Å². The monoisotopic (exact) mass is 504 g/mol. The van der Waals surface area contributed by atoms with E-state index in [1.807, 2.05) is 6.92 Å². The van der Waals surface area contributed by atoms with Crippen LogP contribution in [0.5, 0.6) is 0 Å². The van der Waals surface area contributed by atoms with Crippen LogP contribution in [0.4, 0.5) is 0 Å². The Morgan fingerprint density at radius 1 is 1.18 bits per heavy atom. The molecular weight excluding hydrogens is 467 g/mol. The minimum atomic E-state index is 0. The molecule has 0 radical (unpaired) electrons. The van der Waals surface area contributed by atoms with Gasteiger partial charge in [0.15, 0.2) is 5.96 Å². The summed E-state index contributed by atoms with van der Waals surface area (Å²) in [5.74, 6) is 0.874. The highest BCUT2D eigenvalue weighted by molar-refractivity contribution is 14.0. The van der Waals surface area contributed by atoms with Crippen LogP contribution in [0.3, 0.4) is 0 Å². The number of benzene rings is 1. The first-order chi connectivity index (χ1) is 13.2. The molecule has 2 N–H and O–H groups in total. The van der Waals surface area contributed by atoms with Crippen LogP contribution in [0.1, 0.15) is 37.4 Å². The van der Waals surface area contributed by atoms with Crippen molar-refractivity contribution in [2.45, 2.75) is 33.2 Å². The molecule has 7 heteroatoms. The van der Waals surface area contributed by atoms with Gasteiger partial charge in [-0.1, -0.05) is 29.8 Å². The quantitative estimate of drug-likeness (QED) is 0.222. The fraction of sp³-hybridized carbons (Fsp3) is 0.667. The topological polar surface area (TPSA) is 58.1 Å². The Morgan fingerprint density at radius 3 is 2.54 bits per heavy atom. The second-order valence-corrected chi connectivity index (χ2v) is 6.77. The first kappa shape index (κ1) is 25.1. The summed E-state index contributed by atoms with van der Waals surface area (Å²) in [6.07, 6.45) is 0.975. The highest BCUT2D eigenvalue weighted by atomic mass is 127. The Balaban J connectivity index is 0.00000392. The fourth-order valence-corrected chi connectivity index (χ4v) is 3.15. The Kier molecular flexibility index (Phi) is 13.5. The summed E-state index contributed by atoms with van der Waals surface area (Å²) in [5, 5.41) is 6.76. The second-order valence-electron chi connectivity index (χ2n) is 6.77. The third-order valence-electron chi connectivity index (χ3n) is 4.68. The molecule has 1 heterocycles. The predicted molar refractivity (Wildman–Crippen MR) is 127 cm³/mol. The highest BCUT2D eigenvalue weighted by Gasteiger charge is 2.22. The van der Waals surface area contributed by atoms with Crippen molar-refractivity contribution in [1.29, 1.82) is 0 Å². The Labute approximate surface area is 187 Å². The van der Waals surface area contributed by atoms with Gasteiger partial charge in [0.25, 0.3) is 0 Å². The molecule has 6 nitrogen and oxygen atoms in total. The summed E-state index contributed by atoms with van der Waals surface area (Å²) in [7, 11) is 0. The molecule has 1 aromatic rings. The van der Waals surface area contributed by atoms with Gasteiger partial charge < -0.3 is 20.1 Å². The molecule has 1 saturated heterocycles. The number of hydrogen-bond acceptors (Lipinski definition) is 4. The molecule has 0 spiro atoms. The van der Waals surface area contributed by atoms with Gasteiger partial charge in [-0.25, -0.2) is 0 Å². The molecule has 1 aliphatic rings. The van der Waals surface area contributed by atoms with E-state index >= 15 is 0 Å². The maximum absolute atomic E-state index is 5.54. The van der Waals surface area contributed by atoms with Gasteiger partial charge in [0.05, 0.1) is 25.8 Å². The summed E-state index contributed by atoms with van der Waals surface area (Å²) in [6, 6.07) is 9.10. The van der Waals surface area contributed by atoms with Crippen molar-refractivity contribution in [3.63, 3.8) is 0 Å². The van der Waals surface area contributed by atoms with E-state index < -0.39 is 0 Å². The van der Waals surface area contributed by atoms with Crippen LogP contribution >= 0.6 is 24.0 Å². The number of nitrogens with zero attached hydrogens (tertiary/aromatic N) is 2. The third-order valence-corrected chi connectivity index (χ3v) is 4.68. The number of ether oxygens (including phenoxy) is 2. The summed E-state index contributed by atoms with van der Waals surface area (Å²) >= 11 is 0. The number of hydrogen-bond donors (Lipinski definition) is 2. The molecule has 0 amide bonds. The zero-order valence-electron chi connectivity index (χ0n) is 17.6. The normalized spacial score (nSPS) is 16.3. The van der Waals surface area contributed by atoms with Crippen LogP contribution in [0.25, 0.3) is 0 Å². The molecular formula is C21H37IN4O2. The molecule has 0 aromatic heterocycles. The van der Waals surface area contributed by atoms with Crippen LogP contribution in [0.15, 0.2) is 29.3 Å². The van der Waals surface area contributed by atoms with E-state index in [4.69, 9.17) is 14.5 Å². The summed E-state index contributed by atoms with van der Waals surface area (Å²) in [4.78, 5) is 7.36. The zero-order valence-corrected chi connectivity index (χ0v) is 19.9. The van der Waals surface area contributed by atoms with Gasteiger partial charge in [-0.3, -0.25) is 9.89 Å². The van der Waals surface area contributed by atoms with Gasteiger partial charge >= 0.3 is 0 Å². The average Bonchev–Trinajstić information content (AvgIpc) is 2.70. The maximum Gasteiger partial charge on any atom is 0.191 e. The van der Waals surface area contributed by atoms with Crippen LogP contribution in [0.2, 0.25) is 0 Å².